The summed E-state index contributed by atoms with van der Waals surface area (Å²) in [7, 11) is 1.68. The van der Waals surface area contributed by atoms with Crippen molar-refractivity contribution in [2.24, 2.45) is 0 Å². The molecule has 4 nitrogen and oxygen atoms in total. The molecule has 1 rings (SSSR count). The van der Waals surface area contributed by atoms with Crippen LogP contribution in [0.1, 0.15) is 13.3 Å². The zero-order valence-corrected chi connectivity index (χ0v) is 8.47. The maximum Gasteiger partial charge on any atom is 0.233 e. The van der Waals surface area contributed by atoms with E-state index in [1.54, 1.807) is 7.05 Å². The van der Waals surface area contributed by atoms with Crippen molar-refractivity contribution in [2.45, 2.75) is 19.4 Å². The summed E-state index contributed by atoms with van der Waals surface area (Å²) in [6.07, 6.45) is 1.13. The monoisotopic (exact) mass is 185 g/mol. The van der Waals surface area contributed by atoms with Gasteiger partial charge in [0.25, 0.3) is 0 Å². The molecular weight excluding hydrogens is 166 g/mol. The highest BCUT2D eigenvalue weighted by Crippen LogP contribution is 2.02. The summed E-state index contributed by atoms with van der Waals surface area (Å²) in [6, 6.07) is 0.458. The molecule has 4 heteroatoms. The minimum atomic E-state index is 0.105. The Morgan fingerprint density at radius 3 is 3.15 bits per heavy atom. The number of carbonyl (C=O) groups excluding carboxylic acids is 1. The summed E-state index contributed by atoms with van der Waals surface area (Å²) in [4.78, 5) is 13.4. The summed E-state index contributed by atoms with van der Waals surface area (Å²) in [6.45, 7) is 5.74. The number of rotatable bonds is 2. The van der Waals surface area contributed by atoms with Crippen molar-refractivity contribution in [1.82, 2.24) is 15.5 Å². The predicted molar refractivity (Wildman–Crippen MR) is 52.6 cm³/mol. The summed E-state index contributed by atoms with van der Waals surface area (Å²) in [5.41, 5.74) is 0. The first-order chi connectivity index (χ1) is 6.24. The Bertz CT molecular complexity index is 172. The van der Waals surface area contributed by atoms with E-state index >= 15 is 0 Å². The topological polar surface area (TPSA) is 44.4 Å². The molecule has 1 atom stereocenters. The fourth-order valence-electron chi connectivity index (χ4n) is 1.57. The van der Waals surface area contributed by atoms with Crippen LogP contribution in [0.2, 0.25) is 0 Å². The van der Waals surface area contributed by atoms with Gasteiger partial charge in [-0.25, -0.2) is 0 Å². The highest BCUT2D eigenvalue weighted by molar-refractivity contribution is 5.77. The lowest BCUT2D eigenvalue weighted by Gasteiger charge is -2.25. The van der Waals surface area contributed by atoms with Crippen LogP contribution >= 0.6 is 0 Å². The molecule has 0 aliphatic carbocycles. The molecule has 0 aromatic heterocycles. The molecule has 0 aromatic carbocycles. The van der Waals surface area contributed by atoms with Crippen LogP contribution in [0.3, 0.4) is 0 Å². The van der Waals surface area contributed by atoms with Gasteiger partial charge in [-0.15, -0.1) is 0 Å². The van der Waals surface area contributed by atoms with Gasteiger partial charge in [0.05, 0.1) is 6.54 Å². The second-order valence-electron chi connectivity index (χ2n) is 3.55. The standard InChI is InChI=1S/C9H19N3O/c1-8-6-11-4-3-5-12(8)7-9(13)10-2/h8,11H,3-7H2,1-2H3,(H,10,13). The van der Waals surface area contributed by atoms with Gasteiger partial charge in [-0.3, -0.25) is 9.69 Å². The number of likely N-dealkylation sites (N-methyl/N-ethyl adjacent to an activating group) is 1. The lowest BCUT2D eigenvalue weighted by Crippen LogP contribution is -2.43. The van der Waals surface area contributed by atoms with Crippen LogP contribution in [0.5, 0.6) is 0 Å². The third kappa shape index (κ3) is 3.32. The van der Waals surface area contributed by atoms with Gasteiger partial charge in [0.15, 0.2) is 0 Å². The summed E-state index contributed by atoms with van der Waals surface area (Å²) >= 11 is 0. The summed E-state index contributed by atoms with van der Waals surface area (Å²) < 4.78 is 0. The second kappa shape index (κ2) is 5.19. The number of hydrogen-bond acceptors (Lipinski definition) is 3. The Hall–Kier alpha value is -0.610. The largest absolute Gasteiger partial charge is 0.358 e. The van der Waals surface area contributed by atoms with Crippen LogP contribution in [0.4, 0.5) is 0 Å². The molecule has 76 valence electrons. The van der Waals surface area contributed by atoms with Crippen molar-refractivity contribution >= 4 is 5.91 Å². The van der Waals surface area contributed by atoms with E-state index in [1.165, 1.54) is 0 Å². The van der Waals surface area contributed by atoms with Crippen LogP contribution in [-0.4, -0.2) is 50.1 Å². The first-order valence-corrected chi connectivity index (χ1v) is 4.89. The maximum absolute atomic E-state index is 11.2. The van der Waals surface area contributed by atoms with E-state index in [0.717, 1.165) is 26.1 Å². The predicted octanol–water partition coefficient (Wildman–Crippen LogP) is -0.584. The Labute approximate surface area is 79.7 Å². The first-order valence-electron chi connectivity index (χ1n) is 4.89. The van der Waals surface area contributed by atoms with E-state index in [1.807, 2.05) is 0 Å². The zero-order chi connectivity index (χ0) is 9.68. The molecule has 1 heterocycles. The molecule has 0 aromatic rings. The fourth-order valence-corrected chi connectivity index (χ4v) is 1.57. The van der Waals surface area contributed by atoms with Gasteiger partial charge in [0.1, 0.15) is 0 Å². The lowest BCUT2D eigenvalue weighted by atomic mass is 10.3. The molecule has 0 saturated carbocycles. The van der Waals surface area contributed by atoms with Gasteiger partial charge in [0, 0.05) is 26.2 Å². The molecule has 1 aliphatic heterocycles. The Morgan fingerprint density at radius 1 is 1.69 bits per heavy atom. The van der Waals surface area contributed by atoms with E-state index in [2.05, 4.69) is 22.5 Å². The number of hydrogen-bond donors (Lipinski definition) is 2. The van der Waals surface area contributed by atoms with Gasteiger partial charge in [-0.2, -0.15) is 0 Å². The molecular formula is C9H19N3O. The molecule has 0 radical (unpaired) electrons. The summed E-state index contributed by atoms with van der Waals surface area (Å²) in [5.74, 6) is 0.105. The van der Waals surface area contributed by atoms with Crippen LogP contribution in [0.15, 0.2) is 0 Å². The Balaban J connectivity index is 2.40. The average Bonchev–Trinajstić information content (AvgIpc) is 2.32. The molecule has 1 fully saturated rings. The van der Waals surface area contributed by atoms with Gasteiger partial charge in [0.2, 0.25) is 5.91 Å². The minimum absolute atomic E-state index is 0.105. The molecule has 0 spiro atoms. The third-order valence-electron chi connectivity index (χ3n) is 2.49. The van der Waals surface area contributed by atoms with Crippen molar-refractivity contribution in [1.29, 1.82) is 0 Å². The van der Waals surface area contributed by atoms with E-state index in [4.69, 9.17) is 0 Å². The Kier molecular flexibility index (Phi) is 4.18. The van der Waals surface area contributed by atoms with E-state index in [9.17, 15) is 4.79 Å². The number of carbonyl (C=O) groups is 1. The average molecular weight is 185 g/mol. The van der Waals surface area contributed by atoms with Crippen LogP contribution < -0.4 is 10.6 Å². The zero-order valence-electron chi connectivity index (χ0n) is 8.47. The first kappa shape index (κ1) is 10.5. The highest BCUT2D eigenvalue weighted by Gasteiger charge is 2.18. The third-order valence-corrected chi connectivity index (χ3v) is 2.49. The lowest BCUT2D eigenvalue weighted by molar-refractivity contribution is -0.122. The SMILES string of the molecule is CNC(=O)CN1CCCNCC1C. The molecule has 1 aliphatic rings. The van der Waals surface area contributed by atoms with Gasteiger partial charge in [-0.05, 0) is 19.9 Å². The van der Waals surface area contributed by atoms with Crippen molar-refractivity contribution in [3.05, 3.63) is 0 Å². The van der Waals surface area contributed by atoms with E-state index in [0.29, 0.717) is 12.6 Å². The molecule has 0 bridgehead atoms. The highest BCUT2D eigenvalue weighted by atomic mass is 16.1. The van der Waals surface area contributed by atoms with Crippen molar-refractivity contribution in [3.63, 3.8) is 0 Å². The van der Waals surface area contributed by atoms with Crippen molar-refractivity contribution < 1.29 is 4.79 Å². The Morgan fingerprint density at radius 2 is 2.46 bits per heavy atom. The van der Waals surface area contributed by atoms with Crippen LogP contribution in [-0.2, 0) is 4.79 Å². The van der Waals surface area contributed by atoms with Crippen LogP contribution in [0, 0.1) is 0 Å². The molecule has 1 saturated heterocycles. The smallest absolute Gasteiger partial charge is 0.233 e. The number of nitrogens with one attached hydrogen (secondary N) is 2. The second-order valence-corrected chi connectivity index (χ2v) is 3.55. The van der Waals surface area contributed by atoms with Crippen molar-refractivity contribution in [2.75, 3.05) is 33.2 Å². The van der Waals surface area contributed by atoms with Crippen LogP contribution in [0.25, 0.3) is 0 Å². The van der Waals surface area contributed by atoms with E-state index in [-0.39, 0.29) is 5.91 Å². The normalized spacial score (nSPS) is 25.2. The van der Waals surface area contributed by atoms with Gasteiger partial charge >= 0.3 is 0 Å². The number of amides is 1. The van der Waals surface area contributed by atoms with E-state index < -0.39 is 0 Å². The molecule has 1 unspecified atom stereocenters. The summed E-state index contributed by atoms with van der Waals surface area (Å²) in [5, 5.41) is 6.00. The minimum Gasteiger partial charge on any atom is -0.358 e. The molecule has 2 N–H and O–H groups in total. The molecule has 13 heavy (non-hydrogen) atoms. The fraction of sp³-hybridized carbons (Fsp3) is 0.889. The van der Waals surface area contributed by atoms with Crippen molar-refractivity contribution in [3.8, 4) is 0 Å². The quantitative estimate of drug-likeness (QED) is 0.605. The van der Waals surface area contributed by atoms with Gasteiger partial charge < -0.3 is 10.6 Å². The number of nitrogens with zero attached hydrogens (tertiary/aromatic N) is 1. The maximum atomic E-state index is 11.2. The molecule has 1 amide bonds. The van der Waals surface area contributed by atoms with Gasteiger partial charge in [-0.1, -0.05) is 0 Å².